The number of amides is 1. The lowest BCUT2D eigenvalue weighted by molar-refractivity contribution is 0.0675. The van der Waals surface area contributed by atoms with Crippen molar-refractivity contribution in [2.24, 2.45) is 0 Å². The maximum Gasteiger partial charge on any atom is 0.274 e. The average molecular weight is 354 g/mol. The average Bonchev–Trinajstić information content (AvgIpc) is 3.27. The fraction of sp³-hybridized carbons (Fsp3) is 0.500. The number of methoxy groups -OCH3 is 1. The van der Waals surface area contributed by atoms with E-state index in [1.807, 2.05) is 43.3 Å². The number of benzene rings is 1. The molecule has 0 radical (unpaired) electrons. The van der Waals surface area contributed by atoms with Gasteiger partial charge in [0.2, 0.25) is 0 Å². The van der Waals surface area contributed by atoms with Crippen molar-refractivity contribution in [3.8, 4) is 11.4 Å². The predicted molar refractivity (Wildman–Crippen MR) is 99.9 cm³/mol. The van der Waals surface area contributed by atoms with Gasteiger partial charge in [-0.3, -0.25) is 4.79 Å². The number of aromatic nitrogens is 2. The van der Waals surface area contributed by atoms with Gasteiger partial charge in [-0.25, -0.2) is 4.68 Å². The van der Waals surface area contributed by atoms with Gasteiger partial charge in [0.15, 0.2) is 5.69 Å². The van der Waals surface area contributed by atoms with Crippen LogP contribution in [0.5, 0.6) is 5.75 Å². The zero-order chi connectivity index (χ0) is 18.3. The molecule has 4 rings (SSSR count). The van der Waals surface area contributed by atoms with Crippen molar-refractivity contribution in [2.75, 3.05) is 14.2 Å². The highest BCUT2D eigenvalue weighted by molar-refractivity contribution is 5.92. The first-order valence-electron chi connectivity index (χ1n) is 9.29. The molecule has 2 aliphatic heterocycles. The first-order chi connectivity index (χ1) is 12.5. The summed E-state index contributed by atoms with van der Waals surface area (Å²) in [6, 6.07) is 9.12. The monoisotopic (exact) mass is 354 g/mol. The Labute approximate surface area is 154 Å². The van der Waals surface area contributed by atoms with E-state index in [1.165, 1.54) is 12.8 Å². The molecule has 1 aromatic carbocycles. The van der Waals surface area contributed by atoms with Crippen LogP contribution in [-0.2, 0) is 0 Å². The molecule has 0 aliphatic carbocycles. The third-order valence-corrected chi connectivity index (χ3v) is 5.71. The largest absolute Gasteiger partial charge is 0.494 e. The summed E-state index contributed by atoms with van der Waals surface area (Å²) in [6.45, 7) is 2.03. The van der Waals surface area contributed by atoms with Crippen LogP contribution in [0.15, 0.2) is 30.5 Å². The predicted octanol–water partition coefficient (Wildman–Crippen LogP) is 2.54. The maximum absolute atomic E-state index is 12.9. The Hall–Kier alpha value is -2.34. The zero-order valence-electron chi connectivity index (χ0n) is 15.6. The molecule has 1 N–H and O–H groups in total. The number of hydrogen-bond donors (Lipinski definition) is 1. The molecule has 26 heavy (non-hydrogen) atoms. The quantitative estimate of drug-likeness (QED) is 0.917. The van der Waals surface area contributed by atoms with Gasteiger partial charge >= 0.3 is 0 Å². The summed E-state index contributed by atoms with van der Waals surface area (Å²) in [7, 11) is 3.55. The Morgan fingerprint density at radius 1 is 1.27 bits per heavy atom. The minimum atomic E-state index is -0.0123. The van der Waals surface area contributed by atoms with E-state index < -0.39 is 0 Å². The van der Waals surface area contributed by atoms with E-state index in [4.69, 9.17) is 4.74 Å². The second-order valence-electron chi connectivity index (χ2n) is 7.50. The first-order valence-corrected chi connectivity index (χ1v) is 9.29. The van der Waals surface area contributed by atoms with Crippen LogP contribution in [0.3, 0.4) is 0 Å². The van der Waals surface area contributed by atoms with E-state index in [9.17, 15) is 4.79 Å². The molecule has 2 bridgehead atoms. The van der Waals surface area contributed by atoms with Crippen LogP contribution in [0.2, 0.25) is 0 Å². The van der Waals surface area contributed by atoms with E-state index >= 15 is 0 Å². The van der Waals surface area contributed by atoms with E-state index in [-0.39, 0.29) is 5.91 Å². The van der Waals surface area contributed by atoms with Gasteiger partial charge in [-0.05, 0) is 56.4 Å². The summed E-state index contributed by atoms with van der Waals surface area (Å²) in [4.78, 5) is 14.8. The lowest BCUT2D eigenvalue weighted by Gasteiger charge is -2.35. The number of fused-ring (bicyclic) bond motifs is 2. The minimum Gasteiger partial charge on any atom is -0.494 e. The van der Waals surface area contributed by atoms with Gasteiger partial charge in [-0.15, -0.1) is 0 Å². The molecule has 2 fully saturated rings. The van der Waals surface area contributed by atoms with Crippen LogP contribution in [0, 0.1) is 6.92 Å². The van der Waals surface area contributed by atoms with Crippen molar-refractivity contribution < 1.29 is 9.53 Å². The molecule has 6 nitrogen and oxygen atoms in total. The highest BCUT2D eigenvalue weighted by Gasteiger charge is 2.36. The van der Waals surface area contributed by atoms with Gasteiger partial charge in [0.1, 0.15) is 11.4 Å². The molecule has 0 spiro atoms. The molecule has 2 aliphatic rings. The zero-order valence-corrected chi connectivity index (χ0v) is 15.6. The third-order valence-electron chi connectivity index (χ3n) is 5.71. The molecule has 2 aromatic rings. The molecule has 2 atom stereocenters. The normalized spacial score (nSPS) is 24.5. The second-order valence-corrected chi connectivity index (χ2v) is 7.50. The van der Waals surface area contributed by atoms with Gasteiger partial charge in [0, 0.05) is 31.4 Å². The van der Waals surface area contributed by atoms with Crippen molar-refractivity contribution in [1.82, 2.24) is 20.0 Å². The van der Waals surface area contributed by atoms with Gasteiger partial charge in [0.25, 0.3) is 5.91 Å². The molecular weight excluding hydrogens is 328 g/mol. The van der Waals surface area contributed by atoms with Crippen molar-refractivity contribution in [3.05, 3.63) is 41.7 Å². The molecule has 138 valence electrons. The fourth-order valence-corrected chi connectivity index (χ4v) is 4.24. The summed E-state index contributed by atoms with van der Waals surface area (Å²) in [5.74, 6) is 0.725. The molecule has 1 amide bonds. The molecule has 2 saturated heterocycles. The Bertz CT molecular complexity index is 804. The van der Waals surface area contributed by atoms with Crippen LogP contribution in [0.4, 0.5) is 0 Å². The number of rotatable bonds is 4. The van der Waals surface area contributed by atoms with Crippen molar-refractivity contribution in [1.29, 1.82) is 0 Å². The summed E-state index contributed by atoms with van der Waals surface area (Å²) in [5.41, 5.74) is 2.43. The summed E-state index contributed by atoms with van der Waals surface area (Å²) in [5, 5.41) is 8.16. The van der Waals surface area contributed by atoms with Crippen LogP contribution >= 0.6 is 0 Å². The molecule has 2 unspecified atom stereocenters. The van der Waals surface area contributed by atoms with E-state index in [0.717, 1.165) is 29.8 Å². The fourth-order valence-electron chi connectivity index (χ4n) is 4.24. The molecular formula is C20H26N4O2. The smallest absolute Gasteiger partial charge is 0.274 e. The van der Waals surface area contributed by atoms with Crippen LogP contribution in [-0.4, -0.2) is 52.9 Å². The van der Waals surface area contributed by atoms with E-state index in [1.54, 1.807) is 17.9 Å². The summed E-state index contributed by atoms with van der Waals surface area (Å²) in [6.07, 6.45) is 6.34. The van der Waals surface area contributed by atoms with Crippen LogP contribution < -0.4 is 10.1 Å². The minimum absolute atomic E-state index is 0.0123. The third kappa shape index (κ3) is 3.09. The highest BCUT2D eigenvalue weighted by Crippen LogP contribution is 2.30. The maximum atomic E-state index is 12.9. The topological polar surface area (TPSA) is 59.4 Å². The number of piperidine rings is 1. The number of aryl methyl sites for hydroxylation is 1. The first kappa shape index (κ1) is 17.1. The standard InChI is InChI=1S/C20H26N4O2/c1-13-4-7-19(26-3)18(10-13)24-9-8-17(22-24)20(25)23(2)16-11-14-5-6-15(12-16)21-14/h4,7-10,14-16,21H,5-6,11-12H2,1-3H3. The molecule has 3 heterocycles. The van der Waals surface area contributed by atoms with Gasteiger partial charge in [0.05, 0.1) is 7.11 Å². The lowest BCUT2D eigenvalue weighted by atomic mass is 9.98. The van der Waals surface area contributed by atoms with Crippen LogP contribution in [0.1, 0.15) is 41.7 Å². The summed E-state index contributed by atoms with van der Waals surface area (Å²) < 4.78 is 7.16. The SMILES string of the molecule is COc1ccc(C)cc1-n1ccc(C(=O)N(C)C2CC3CCC(C2)N3)n1. The Morgan fingerprint density at radius 2 is 2.00 bits per heavy atom. The van der Waals surface area contributed by atoms with Gasteiger partial charge < -0.3 is 15.0 Å². The highest BCUT2D eigenvalue weighted by atomic mass is 16.5. The van der Waals surface area contributed by atoms with Gasteiger partial charge in [-0.1, -0.05) is 6.07 Å². The van der Waals surface area contributed by atoms with E-state index in [0.29, 0.717) is 23.8 Å². The number of nitrogens with zero attached hydrogens (tertiary/aromatic N) is 3. The number of carbonyl (C=O) groups is 1. The number of nitrogens with one attached hydrogen (secondary N) is 1. The molecule has 1 aromatic heterocycles. The Morgan fingerprint density at radius 3 is 2.69 bits per heavy atom. The number of carbonyl (C=O) groups excluding carboxylic acids is 1. The molecule has 6 heteroatoms. The Balaban J connectivity index is 1.54. The van der Waals surface area contributed by atoms with Crippen molar-refractivity contribution >= 4 is 5.91 Å². The van der Waals surface area contributed by atoms with Crippen molar-refractivity contribution in [2.45, 2.75) is 50.7 Å². The summed E-state index contributed by atoms with van der Waals surface area (Å²) >= 11 is 0. The second kappa shape index (κ2) is 6.76. The number of hydrogen-bond acceptors (Lipinski definition) is 4. The van der Waals surface area contributed by atoms with Crippen molar-refractivity contribution in [3.63, 3.8) is 0 Å². The van der Waals surface area contributed by atoms with Gasteiger partial charge in [-0.2, -0.15) is 5.10 Å². The molecule has 0 saturated carbocycles. The van der Waals surface area contributed by atoms with E-state index in [2.05, 4.69) is 10.4 Å². The number of ether oxygens (including phenoxy) is 1. The lowest BCUT2D eigenvalue weighted by Crippen LogP contribution is -2.48. The van der Waals surface area contributed by atoms with Crippen LogP contribution in [0.25, 0.3) is 5.69 Å². The Kier molecular flexibility index (Phi) is 4.44.